The summed E-state index contributed by atoms with van der Waals surface area (Å²) < 4.78 is 0. The monoisotopic (exact) mass is 368 g/mol. The number of benzene rings is 2. The smallest absolute Gasteiger partial charge is 0.225 e. The number of phenols is 1. The second-order valence-electron chi connectivity index (χ2n) is 6.33. The first kappa shape index (κ1) is 18.5. The SMILES string of the molecule is CSc1ccccc1NC(=O)CCN1CC=C(c2ccc(O)cc2)CC1. The van der Waals surface area contributed by atoms with Gasteiger partial charge in [0.25, 0.3) is 0 Å². The number of thioether (sulfide) groups is 1. The predicted octanol–water partition coefficient (Wildman–Crippen LogP) is 4.23. The van der Waals surface area contributed by atoms with E-state index in [2.05, 4.69) is 16.3 Å². The molecule has 0 aliphatic carbocycles. The van der Waals surface area contributed by atoms with Gasteiger partial charge in [-0.1, -0.05) is 30.3 Å². The number of amides is 1. The molecule has 0 aromatic heterocycles. The summed E-state index contributed by atoms with van der Waals surface area (Å²) >= 11 is 1.63. The Morgan fingerprint density at radius 3 is 2.65 bits per heavy atom. The number of phenolic OH excluding ortho intramolecular Hbond substituents is 1. The van der Waals surface area contributed by atoms with Crippen molar-refractivity contribution in [3.05, 3.63) is 60.2 Å². The number of anilines is 1. The summed E-state index contributed by atoms with van der Waals surface area (Å²) in [4.78, 5) is 15.6. The Balaban J connectivity index is 1.48. The van der Waals surface area contributed by atoms with E-state index in [0.29, 0.717) is 12.2 Å². The number of carbonyl (C=O) groups excluding carboxylic acids is 1. The molecule has 5 heteroatoms. The number of hydrogen-bond donors (Lipinski definition) is 2. The van der Waals surface area contributed by atoms with E-state index in [1.165, 1.54) is 5.57 Å². The number of aromatic hydroxyl groups is 1. The molecule has 2 N–H and O–H groups in total. The van der Waals surface area contributed by atoms with Crippen molar-refractivity contribution in [1.82, 2.24) is 4.90 Å². The van der Waals surface area contributed by atoms with Crippen molar-refractivity contribution >= 4 is 28.9 Å². The van der Waals surface area contributed by atoms with Gasteiger partial charge >= 0.3 is 0 Å². The third-order valence-corrected chi connectivity index (χ3v) is 5.36. The van der Waals surface area contributed by atoms with Crippen LogP contribution in [0.25, 0.3) is 5.57 Å². The summed E-state index contributed by atoms with van der Waals surface area (Å²) in [6, 6.07) is 15.2. The van der Waals surface area contributed by atoms with Crippen LogP contribution in [0.3, 0.4) is 0 Å². The lowest BCUT2D eigenvalue weighted by Gasteiger charge is -2.26. The molecule has 26 heavy (non-hydrogen) atoms. The molecule has 0 saturated heterocycles. The predicted molar refractivity (Wildman–Crippen MR) is 109 cm³/mol. The van der Waals surface area contributed by atoms with Crippen LogP contribution in [-0.4, -0.2) is 41.8 Å². The van der Waals surface area contributed by atoms with Crippen LogP contribution in [0.15, 0.2) is 59.5 Å². The molecule has 1 heterocycles. The maximum absolute atomic E-state index is 12.3. The van der Waals surface area contributed by atoms with Gasteiger partial charge in [-0.3, -0.25) is 9.69 Å². The molecule has 0 atom stereocenters. The molecule has 0 radical (unpaired) electrons. The zero-order valence-corrected chi connectivity index (χ0v) is 15.8. The van der Waals surface area contributed by atoms with E-state index in [1.807, 2.05) is 42.7 Å². The molecule has 2 aromatic carbocycles. The van der Waals surface area contributed by atoms with Gasteiger partial charge in [-0.25, -0.2) is 0 Å². The molecule has 0 spiro atoms. The van der Waals surface area contributed by atoms with Crippen molar-refractivity contribution in [3.8, 4) is 5.75 Å². The Morgan fingerprint density at radius 2 is 1.96 bits per heavy atom. The second kappa shape index (κ2) is 8.92. The van der Waals surface area contributed by atoms with E-state index >= 15 is 0 Å². The van der Waals surface area contributed by atoms with Crippen LogP contribution in [0.2, 0.25) is 0 Å². The summed E-state index contributed by atoms with van der Waals surface area (Å²) in [5.74, 6) is 0.348. The van der Waals surface area contributed by atoms with Gasteiger partial charge < -0.3 is 10.4 Å². The zero-order valence-electron chi connectivity index (χ0n) is 14.9. The third-order valence-electron chi connectivity index (χ3n) is 4.57. The Kier molecular flexibility index (Phi) is 6.36. The van der Waals surface area contributed by atoms with Gasteiger partial charge in [-0.05, 0) is 48.1 Å². The minimum Gasteiger partial charge on any atom is -0.508 e. The molecule has 4 nitrogen and oxygen atoms in total. The molecule has 1 amide bonds. The number of rotatable bonds is 6. The highest BCUT2D eigenvalue weighted by atomic mass is 32.2. The maximum Gasteiger partial charge on any atom is 0.225 e. The van der Waals surface area contributed by atoms with Gasteiger partial charge in [-0.2, -0.15) is 0 Å². The van der Waals surface area contributed by atoms with Crippen LogP contribution < -0.4 is 5.32 Å². The maximum atomic E-state index is 12.3. The van der Waals surface area contributed by atoms with Gasteiger partial charge in [0.2, 0.25) is 5.91 Å². The number of nitrogens with zero attached hydrogens (tertiary/aromatic N) is 1. The van der Waals surface area contributed by atoms with Crippen LogP contribution in [0, 0.1) is 0 Å². The van der Waals surface area contributed by atoms with Gasteiger partial charge in [0.05, 0.1) is 5.69 Å². The lowest BCUT2D eigenvalue weighted by Crippen LogP contribution is -2.31. The summed E-state index contributed by atoms with van der Waals surface area (Å²) in [6.07, 6.45) is 5.68. The molecule has 1 aliphatic rings. The first-order chi connectivity index (χ1) is 12.7. The summed E-state index contributed by atoms with van der Waals surface area (Å²) in [5.41, 5.74) is 3.35. The first-order valence-electron chi connectivity index (χ1n) is 8.79. The van der Waals surface area contributed by atoms with Gasteiger partial charge in [0, 0.05) is 31.0 Å². The van der Waals surface area contributed by atoms with Crippen LogP contribution in [0.5, 0.6) is 5.75 Å². The normalized spacial score (nSPS) is 14.7. The van der Waals surface area contributed by atoms with E-state index in [-0.39, 0.29) is 5.91 Å². The van der Waals surface area contributed by atoms with Crippen molar-refractivity contribution in [3.63, 3.8) is 0 Å². The van der Waals surface area contributed by atoms with Crippen molar-refractivity contribution in [2.45, 2.75) is 17.7 Å². The number of nitrogens with one attached hydrogen (secondary N) is 1. The number of carbonyl (C=O) groups is 1. The third kappa shape index (κ3) is 4.90. The fraction of sp³-hybridized carbons (Fsp3) is 0.286. The topological polar surface area (TPSA) is 52.6 Å². The average Bonchev–Trinajstić information content (AvgIpc) is 2.68. The fourth-order valence-corrected chi connectivity index (χ4v) is 3.63. The van der Waals surface area contributed by atoms with Crippen LogP contribution in [0.1, 0.15) is 18.4 Å². The van der Waals surface area contributed by atoms with E-state index in [9.17, 15) is 9.90 Å². The highest BCUT2D eigenvalue weighted by molar-refractivity contribution is 7.98. The van der Waals surface area contributed by atoms with Gasteiger partial charge in [-0.15, -0.1) is 11.8 Å². The van der Waals surface area contributed by atoms with E-state index in [4.69, 9.17) is 0 Å². The number of hydrogen-bond acceptors (Lipinski definition) is 4. The van der Waals surface area contributed by atoms with Crippen LogP contribution in [0.4, 0.5) is 5.69 Å². The molecule has 2 aromatic rings. The Labute approximate surface area is 158 Å². The lowest BCUT2D eigenvalue weighted by molar-refractivity contribution is -0.116. The molecular weight excluding hydrogens is 344 g/mol. The molecule has 0 saturated carbocycles. The minimum absolute atomic E-state index is 0.0554. The Bertz CT molecular complexity index is 787. The minimum atomic E-state index is 0.0554. The van der Waals surface area contributed by atoms with Gasteiger partial charge in [0.15, 0.2) is 0 Å². The molecule has 0 unspecified atom stereocenters. The van der Waals surface area contributed by atoms with Gasteiger partial charge in [0.1, 0.15) is 5.75 Å². The molecular formula is C21H24N2O2S. The van der Waals surface area contributed by atoms with E-state index < -0.39 is 0 Å². The summed E-state index contributed by atoms with van der Waals surface area (Å²) in [6.45, 7) is 2.55. The first-order valence-corrected chi connectivity index (χ1v) is 10.0. The fourth-order valence-electron chi connectivity index (χ4n) is 3.07. The summed E-state index contributed by atoms with van der Waals surface area (Å²) in [5, 5.41) is 12.4. The van der Waals surface area contributed by atoms with Crippen molar-refractivity contribution in [1.29, 1.82) is 0 Å². The van der Waals surface area contributed by atoms with Crippen LogP contribution >= 0.6 is 11.8 Å². The number of para-hydroxylation sites is 1. The van der Waals surface area contributed by atoms with E-state index in [0.717, 1.165) is 42.2 Å². The molecule has 0 bridgehead atoms. The highest BCUT2D eigenvalue weighted by Gasteiger charge is 2.14. The van der Waals surface area contributed by atoms with Crippen LogP contribution in [-0.2, 0) is 4.79 Å². The Morgan fingerprint density at radius 1 is 1.19 bits per heavy atom. The second-order valence-corrected chi connectivity index (χ2v) is 7.17. The summed E-state index contributed by atoms with van der Waals surface area (Å²) in [7, 11) is 0. The van der Waals surface area contributed by atoms with Crippen molar-refractivity contribution < 1.29 is 9.90 Å². The quantitative estimate of drug-likeness (QED) is 0.749. The lowest BCUT2D eigenvalue weighted by atomic mass is 9.99. The largest absolute Gasteiger partial charge is 0.508 e. The molecule has 1 aliphatic heterocycles. The van der Waals surface area contributed by atoms with Crippen molar-refractivity contribution in [2.24, 2.45) is 0 Å². The molecule has 3 rings (SSSR count). The average molecular weight is 369 g/mol. The standard InChI is InChI=1S/C21H24N2O2S/c1-26-20-5-3-2-4-19(20)22-21(25)12-15-23-13-10-17(11-14-23)16-6-8-18(24)9-7-16/h2-10,24H,11-15H2,1H3,(H,22,25). The molecule has 0 fully saturated rings. The van der Waals surface area contributed by atoms with Crippen molar-refractivity contribution in [2.75, 3.05) is 31.2 Å². The molecule has 136 valence electrons. The Hall–Kier alpha value is -2.24. The highest BCUT2D eigenvalue weighted by Crippen LogP contribution is 2.25. The zero-order chi connectivity index (χ0) is 18.4. The van der Waals surface area contributed by atoms with E-state index in [1.54, 1.807) is 23.9 Å².